The van der Waals surface area contributed by atoms with Gasteiger partial charge in [-0.05, 0) is 32.0 Å². The molecule has 0 bridgehead atoms. The second kappa shape index (κ2) is 7.85. The molecule has 1 saturated heterocycles. The molecule has 5 rings (SSSR count). The van der Waals surface area contributed by atoms with Crippen molar-refractivity contribution in [3.8, 4) is 5.75 Å². The second-order valence-corrected chi connectivity index (χ2v) is 8.38. The van der Waals surface area contributed by atoms with Crippen molar-refractivity contribution in [1.82, 2.24) is 19.9 Å². The SMILES string of the molecule is COc1cc(N2CCN(C)CC2)ccc1Nc1nc(NC2CC2)c2[nH]cc(Cl)c2n1. The summed E-state index contributed by atoms with van der Waals surface area (Å²) in [5.41, 5.74) is 3.51. The molecule has 3 aromatic rings. The number of piperazine rings is 1. The largest absolute Gasteiger partial charge is 0.494 e. The third-order valence-corrected chi connectivity index (χ3v) is 5.98. The van der Waals surface area contributed by atoms with Crippen molar-refractivity contribution in [1.29, 1.82) is 0 Å². The maximum atomic E-state index is 6.34. The van der Waals surface area contributed by atoms with Crippen LogP contribution in [0.5, 0.6) is 5.75 Å². The van der Waals surface area contributed by atoms with Gasteiger partial charge in [0, 0.05) is 50.2 Å². The van der Waals surface area contributed by atoms with E-state index in [-0.39, 0.29) is 0 Å². The van der Waals surface area contributed by atoms with E-state index in [2.05, 4.69) is 49.6 Å². The molecule has 3 N–H and O–H groups in total. The molecule has 1 aliphatic heterocycles. The van der Waals surface area contributed by atoms with E-state index in [1.165, 1.54) is 0 Å². The zero-order valence-corrected chi connectivity index (χ0v) is 18.0. The normalized spacial score (nSPS) is 17.4. The summed E-state index contributed by atoms with van der Waals surface area (Å²) in [6.07, 6.45) is 4.06. The minimum Gasteiger partial charge on any atom is -0.494 e. The summed E-state index contributed by atoms with van der Waals surface area (Å²) in [5.74, 6) is 2.01. The number of fused-ring (bicyclic) bond motifs is 1. The van der Waals surface area contributed by atoms with Gasteiger partial charge in [-0.1, -0.05) is 11.6 Å². The Hall–Kier alpha value is -2.71. The maximum absolute atomic E-state index is 6.34. The summed E-state index contributed by atoms with van der Waals surface area (Å²) < 4.78 is 5.67. The number of hydrogen-bond donors (Lipinski definition) is 3. The Kier molecular flexibility index (Phi) is 5.04. The van der Waals surface area contributed by atoms with Gasteiger partial charge in [-0.2, -0.15) is 4.98 Å². The number of benzene rings is 1. The number of halogens is 1. The second-order valence-electron chi connectivity index (χ2n) is 7.97. The van der Waals surface area contributed by atoms with E-state index in [4.69, 9.17) is 21.3 Å². The van der Waals surface area contributed by atoms with E-state index in [0.717, 1.165) is 67.5 Å². The van der Waals surface area contributed by atoms with Crippen LogP contribution in [0.1, 0.15) is 12.8 Å². The van der Waals surface area contributed by atoms with Crippen LogP contribution in [-0.2, 0) is 0 Å². The fraction of sp³-hybridized carbons (Fsp3) is 0.429. The number of nitrogens with zero attached hydrogens (tertiary/aromatic N) is 4. The van der Waals surface area contributed by atoms with Gasteiger partial charge in [0.15, 0.2) is 5.82 Å². The molecule has 2 aromatic heterocycles. The van der Waals surface area contributed by atoms with E-state index in [9.17, 15) is 0 Å². The average molecular weight is 428 g/mol. The van der Waals surface area contributed by atoms with Gasteiger partial charge >= 0.3 is 0 Å². The van der Waals surface area contributed by atoms with Gasteiger partial charge in [-0.15, -0.1) is 0 Å². The number of aromatic nitrogens is 3. The van der Waals surface area contributed by atoms with Crippen molar-refractivity contribution in [3.05, 3.63) is 29.4 Å². The molecule has 0 unspecified atom stereocenters. The Bertz CT molecular complexity index is 1060. The van der Waals surface area contributed by atoms with Crippen LogP contribution in [0, 0.1) is 0 Å². The van der Waals surface area contributed by atoms with Crippen LogP contribution in [0.3, 0.4) is 0 Å². The molecule has 2 fully saturated rings. The first-order chi connectivity index (χ1) is 14.6. The first-order valence-corrected chi connectivity index (χ1v) is 10.7. The lowest BCUT2D eigenvalue weighted by Crippen LogP contribution is -2.44. The molecule has 8 nitrogen and oxygen atoms in total. The van der Waals surface area contributed by atoms with Gasteiger partial charge in [0.05, 0.1) is 17.8 Å². The van der Waals surface area contributed by atoms with Gasteiger partial charge < -0.3 is 30.2 Å². The van der Waals surface area contributed by atoms with E-state index < -0.39 is 0 Å². The maximum Gasteiger partial charge on any atom is 0.230 e. The topological polar surface area (TPSA) is 81.3 Å². The number of anilines is 4. The number of methoxy groups -OCH3 is 1. The molecule has 3 heterocycles. The number of aromatic amines is 1. The number of nitrogens with one attached hydrogen (secondary N) is 3. The third kappa shape index (κ3) is 3.85. The summed E-state index contributed by atoms with van der Waals surface area (Å²) in [6, 6.07) is 6.67. The van der Waals surface area contributed by atoms with Crippen molar-refractivity contribution in [2.24, 2.45) is 0 Å². The first-order valence-electron chi connectivity index (χ1n) is 10.3. The zero-order valence-electron chi connectivity index (χ0n) is 17.2. The minimum atomic E-state index is 0.468. The lowest BCUT2D eigenvalue weighted by Gasteiger charge is -2.34. The minimum absolute atomic E-state index is 0.468. The molecule has 30 heavy (non-hydrogen) atoms. The quantitative estimate of drug-likeness (QED) is 0.553. The summed E-state index contributed by atoms with van der Waals surface area (Å²) in [4.78, 5) is 17.2. The van der Waals surface area contributed by atoms with Crippen molar-refractivity contribution >= 4 is 45.8 Å². The molecule has 1 aliphatic carbocycles. The Morgan fingerprint density at radius 1 is 1.17 bits per heavy atom. The van der Waals surface area contributed by atoms with Crippen molar-refractivity contribution < 1.29 is 4.74 Å². The Labute approximate surface area is 180 Å². The molecule has 9 heteroatoms. The van der Waals surface area contributed by atoms with Crippen LogP contribution >= 0.6 is 11.6 Å². The predicted molar refractivity (Wildman–Crippen MR) is 122 cm³/mol. The Balaban J connectivity index is 1.43. The Morgan fingerprint density at radius 2 is 1.97 bits per heavy atom. The van der Waals surface area contributed by atoms with Crippen molar-refractivity contribution in [3.63, 3.8) is 0 Å². The lowest BCUT2D eigenvalue weighted by atomic mass is 10.2. The van der Waals surface area contributed by atoms with Crippen LogP contribution in [0.2, 0.25) is 5.02 Å². The molecule has 0 amide bonds. The number of H-pyrrole nitrogens is 1. The van der Waals surface area contributed by atoms with Crippen LogP contribution < -0.4 is 20.3 Å². The molecule has 2 aliphatic rings. The molecule has 1 saturated carbocycles. The molecule has 158 valence electrons. The number of rotatable bonds is 6. The van der Waals surface area contributed by atoms with Crippen LogP contribution in [0.15, 0.2) is 24.4 Å². The van der Waals surface area contributed by atoms with E-state index in [1.54, 1.807) is 13.3 Å². The molecule has 1 aromatic carbocycles. The fourth-order valence-electron chi connectivity index (χ4n) is 3.72. The molecule has 0 spiro atoms. The van der Waals surface area contributed by atoms with Gasteiger partial charge in [0.2, 0.25) is 5.95 Å². The molecular weight excluding hydrogens is 402 g/mol. The molecule has 0 radical (unpaired) electrons. The number of ether oxygens (including phenoxy) is 1. The van der Waals surface area contributed by atoms with Gasteiger partial charge in [-0.25, -0.2) is 4.98 Å². The average Bonchev–Trinajstić information content (AvgIpc) is 3.50. The van der Waals surface area contributed by atoms with Crippen LogP contribution in [0.25, 0.3) is 11.0 Å². The van der Waals surface area contributed by atoms with Crippen molar-refractivity contribution in [2.75, 3.05) is 55.9 Å². The predicted octanol–water partition coefficient (Wildman–Crippen LogP) is 3.69. The van der Waals surface area contributed by atoms with Crippen LogP contribution in [0.4, 0.5) is 23.1 Å². The van der Waals surface area contributed by atoms with Gasteiger partial charge in [-0.3, -0.25) is 0 Å². The van der Waals surface area contributed by atoms with Crippen molar-refractivity contribution in [2.45, 2.75) is 18.9 Å². The smallest absolute Gasteiger partial charge is 0.230 e. The standard InChI is InChI=1S/C21H26ClN7O/c1-28-7-9-29(10-8-28)14-5-6-16(17(11-14)30-2)25-21-26-18-15(22)12-23-19(18)20(27-21)24-13-3-4-13/h5-6,11-13,23H,3-4,7-10H2,1-2H3,(H2,24,25,26,27). The summed E-state index contributed by atoms with van der Waals surface area (Å²) in [6.45, 7) is 4.14. The van der Waals surface area contributed by atoms with Gasteiger partial charge in [0.1, 0.15) is 16.8 Å². The number of likely N-dealkylation sites (N-methyl/N-ethyl adjacent to an activating group) is 1. The van der Waals surface area contributed by atoms with Crippen LogP contribution in [-0.4, -0.2) is 66.2 Å². The molecule has 0 atom stereocenters. The zero-order chi connectivity index (χ0) is 20.7. The fourth-order valence-corrected chi connectivity index (χ4v) is 3.91. The third-order valence-electron chi connectivity index (χ3n) is 5.70. The highest BCUT2D eigenvalue weighted by Gasteiger charge is 2.24. The molecular formula is C21H26ClN7O. The van der Waals surface area contributed by atoms with E-state index in [1.807, 2.05) is 6.07 Å². The lowest BCUT2D eigenvalue weighted by molar-refractivity contribution is 0.312. The highest BCUT2D eigenvalue weighted by molar-refractivity contribution is 6.35. The van der Waals surface area contributed by atoms with E-state index in [0.29, 0.717) is 22.5 Å². The number of hydrogen-bond acceptors (Lipinski definition) is 7. The summed E-state index contributed by atoms with van der Waals surface area (Å²) in [7, 11) is 3.84. The summed E-state index contributed by atoms with van der Waals surface area (Å²) in [5, 5.41) is 7.35. The summed E-state index contributed by atoms with van der Waals surface area (Å²) >= 11 is 6.34. The Morgan fingerprint density at radius 3 is 2.70 bits per heavy atom. The van der Waals surface area contributed by atoms with E-state index >= 15 is 0 Å². The first kappa shape index (κ1) is 19.3. The monoisotopic (exact) mass is 427 g/mol. The highest BCUT2D eigenvalue weighted by Crippen LogP contribution is 2.35. The highest BCUT2D eigenvalue weighted by atomic mass is 35.5. The van der Waals surface area contributed by atoms with Gasteiger partial charge in [0.25, 0.3) is 0 Å².